The second-order valence-corrected chi connectivity index (χ2v) is 6.80. The smallest absolute Gasteiger partial charge is 0.305 e. The quantitative estimate of drug-likeness (QED) is 0.305. The van der Waals surface area contributed by atoms with E-state index in [1.807, 2.05) is 0 Å². The highest BCUT2D eigenvalue weighted by molar-refractivity contribution is 5.69. The highest BCUT2D eigenvalue weighted by Crippen LogP contribution is 2.20. The molecule has 148 valence electrons. The van der Waals surface area contributed by atoms with Gasteiger partial charge >= 0.3 is 5.97 Å². The largest absolute Gasteiger partial charge is 0.463 e. The molecule has 0 aliphatic carbocycles. The summed E-state index contributed by atoms with van der Waals surface area (Å²) >= 11 is 0. The topological polar surface area (TPSA) is 116 Å². The predicted octanol–water partition coefficient (Wildman–Crippen LogP) is 1.25. The Balaban J connectivity index is 2.05. The highest BCUT2D eigenvalue weighted by Gasteiger charge is 2.43. The predicted molar refractivity (Wildman–Crippen MR) is 91.7 cm³/mol. The number of carbonyl (C=O) groups excluding carboxylic acids is 1. The number of hydrogen-bond acceptors (Lipinski definition) is 7. The van der Waals surface area contributed by atoms with Gasteiger partial charge in [0.1, 0.15) is 31.0 Å². The molecule has 4 N–H and O–H groups in total. The van der Waals surface area contributed by atoms with Crippen LogP contribution in [0, 0.1) is 0 Å². The number of esters is 1. The van der Waals surface area contributed by atoms with Gasteiger partial charge in [-0.3, -0.25) is 4.79 Å². The van der Waals surface area contributed by atoms with Crippen LogP contribution in [0.15, 0.2) is 0 Å². The minimum absolute atomic E-state index is 0.266. The molecule has 0 saturated carbocycles. The average molecular weight is 362 g/mol. The molecule has 1 fully saturated rings. The lowest BCUT2D eigenvalue weighted by Crippen LogP contribution is -2.58. The zero-order chi connectivity index (χ0) is 18.7. The van der Waals surface area contributed by atoms with Crippen molar-refractivity contribution < 1.29 is 34.7 Å². The van der Waals surface area contributed by atoms with Crippen molar-refractivity contribution in [2.75, 3.05) is 6.61 Å². The lowest BCUT2D eigenvalue weighted by molar-refractivity contribution is -0.287. The second-order valence-electron chi connectivity index (χ2n) is 6.80. The Labute approximate surface area is 150 Å². The molecule has 1 rings (SSSR count). The van der Waals surface area contributed by atoms with Gasteiger partial charge in [0.15, 0.2) is 6.29 Å². The molecule has 0 aromatic rings. The van der Waals surface area contributed by atoms with Crippen LogP contribution < -0.4 is 0 Å². The van der Waals surface area contributed by atoms with E-state index in [1.54, 1.807) is 0 Å². The van der Waals surface area contributed by atoms with E-state index in [4.69, 9.17) is 9.47 Å². The molecule has 0 bridgehead atoms. The first-order valence-corrected chi connectivity index (χ1v) is 9.50. The maximum Gasteiger partial charge on any atom is 0.305 e. The minimum atomic E-state index is -1.61. The molecule has 0 spiro atoms. The van der Waals surface area contributed by atoms with E-state index in [9.17, 15) is 25.2 Å². The van der Waals surface area contributed by atoms with Gasteiger partial charge in [-0.2, -0.15) is 0 Å². The third kappa shape index (κ3) is 8.46. The van der Waals surface area contributed by atoms with Crippen LogP contribution in [0.4, 0.5) is 0 Å². The number of rotatable bonds is 12. The lowest BCUT2D eigenvalue weighted by atomic mass is 9.99. The van der Waals surface area contributed by atoms with E-state index < -0.39 is 36.7 Å². The Bertz CT molecular complexity index is 363. The van der Waals surface area contributed by atoms with Crippen molar-refractivity contribution in [1.29, 1.82) is 0 Å². The fourth-order valence-corrected chi connectivity index (χ4v) is 2.90. The van der Waals surface area contributed by atoms with Crippen molar-refractivity contribution >= 4 is 5.97 Å². The number of hydrogen-bond donors (Lipinski definition) is 4. The fourth-order valence-electron chi connectivity index (χ4n) is 2.90. The Kier molecular flexibility index (Phi) is 11.2. The lowest BCUT2D eigenvalue weighted by Gasteiger charge is -2.37. The number of aliphatic hydroxyl groups excluding tert-OH is 4. The number of aliphatic hydroxyl groups is 4. The maximum atomic E-state index is 11.7. The summed E-state index contributed by atoms with van der Waals surface area (Å²) in [4.78, 5) is 11.7. The molecular formula is C18H34O7. The van der Waals surface area contributed by atoms with Gasteiger partial charge in [-0.25, -0.2) is 0 Å². The average Bonchev–Trinajstić information content (AvgIpc) is 2.60. The van der Waals surface area contributed by atoms with E-state index in [2.05, 4.69) is 6.92 Å². The SMILES string of the molecule is CCCCCCCCCCCC(=O)OCC1O[C@H](O)C(O)[C@@H](O)[C@@H]1O. The van der Waals surface area contributed by atoms with Crippen molar-refractivity contribution in [3.63, 3.8) is 0 Å². The van der Waals surface area contributed by atoms with E-state index in [1.165, 1.54) is 38.5 Å². The summed E-state index contributed by atoms with van der Waals surface area (Å²) in [6.07, 6.45) is 3.53. The maximum absolute atomic E-state index is 11.7. The second kappa shape index (κ2) is 12.6. The summed E-state index contributed by atoms with van der Waals surface area (Å²) in [7, 11) is 0. The molecule has 1 saturated heterocycles. The van der Waals surface area contributed by atoms with Gasteiger partial charge < -0.3 is 29.9 Å². The molecule has 25 heavy (non-hydrogen) atoms. The molecule has 0 radical (unpaired) electrons. The summed E-state index contributed by atoms with van der Waals surface area (Å²) < 4.78 is 9.98. The highest BCUT2D eigenvalue weighted by atomic mass is 16.6. The number of ether oxygens (including phenoxy) is 2. The minimum Gasteiger partial charge on any atom is -0.463 e. The summed E-state index contributed by atoms with van der Waals surface area (Å²) in [6.45, 7) is 1.94. The number of carbonyl (C=O) groups is 1. The van der Waals surface area contributed by atoms with E-state index in [-0.39, 0.29) is 6.61 Å². The molecule has 7 heteroatoms. The van der Waals surface area contributed by atoms with Gasteiger partial charge in [0.2, 0.25) is 0 Å². The van der Waals surface area contributed by atoms with Crippen LogP contribution in [0.5, 0.6) is 0 Å². The van der Waals surface area contributed by atoms with E-state index >= 15 is 0 Å². The van der Waals surface area contributed by atoms with Crippen molar-refractivity contribution in [3.8, 4) is 0 Å². The molecule has 0 aromatic heterocycles. The van der Waals surface area contributed by atoms with Crippen LogP contribution in [0.1, 0.15) is 71.1 Å². The Morgan fingerprint density at radius 1 is 0.840 bits per heavy atom. The molecule has 5 atom stereocenters. The molecule has 7 nitrogen and oxygen atoms in total. The molecular weight excluding hydrogens is 328 g/mol. The van der Waals surface area contributed by atoms with Crippen LogP contribution in [-0.2, 0) is 14.3 Å². The molecule has 0 amide bonds. The molecule has 0 aromatic carbocycles. The van der Waals surface area contributed by atoms with Crippen LogP contribution in [0.3, 0.4) is 0 Å². The van der Waals surface area contributed by atoms with Gasteiger partial charge in [-0.05, 0) is 6.42 Å². The summed E-state index contributed by atoms with van der Waals surface area (Å²) in [6, 6.07) is 0. The van der Waals surface area contributed by atoms with Crippen LogP contribution >= 0.6 is 0 Å². The Morgan fingerprint density at radius 2 is 1.40 bits per heavy atom. The first-order chi connectivity index (χ1) is 12.0. The molecule has 1 aliphatic rings. The first kappa shape index (κ1) is 22.3. The van der Waals surface area contributed by atoms with Crippen molar-refractivity contribution in [2.45, 2.75) is 102 Å². The van der Waals surface area contributed by atoms with Crippen molar-refractivity contribution in [2.24, 2.45) is 0 Å². The van der Waals surface area contributed by atoms with Gasteiger partial charge in [0.05, 0.1) is 0 Å². The van der Waals surface area contributed by atoms with Gasteiger partial charge in [-0.1, -0.05) is 58.3 Å². The summed E-state index contributed by atoms with van der Waals surface area (Å²) in [5, 5.41) is 38.1. The van der Waals surface area contributed by atoms with Crippen molar-refractivity contribution in [1.82, 2.24) is 0 Å². The third-order valence-electron chi connectivity index (χ3n) is 4.58. The molecule has 2 unspecified atom stereocenters. The van der Waals surface area contributed by atoms with E-state index in [0.29, 0.717) is 6.42 Å². The summed E-state index contributed by atoms with van der Waals surface area (Å²) in [5.74, 6) is -0.395. The molecule has 1 aliphatic heterocycles. The normalized spacial score (nSPS) is 29.6. The number of unbranched alkanes of at least 4 members (excludes halogenated alkanes) is 8. The Morgan fingerprint density at radius 3 is 2.00 bits per heavy atom. The fraction of sp³-hybridized carbons (Fsp3) is 0.944. The Hall–Kier alpha value is -0.730. The zero-order valence-corrected chi connectivity index (χ0v) is 15.2. The zero-order valence-electron chi connectivity index (χ0n) is 15.2. The van der Waals surface area contributed by atoms with Crippen molar-refractivity contribution in [3.05, 3.63) is 0 Å². The first-order valence-electron chi connectivity index (χ1n) is 9.50. The summed E-state index contributed by atoms with van der Waals surface area (Å²) in [5.41, 5.74) is 0. The third-order valence-corrected chi connectivity index (χ3v) is 4.58. The van der Waals surface area contributed by atoms with Gasteiger partial charge in [0, 0.05) is 6.42 Å². The van der Waals surface area contributed by atoms with Crippen LogP contribution in [0.2, 0.25) is 0 Å². The van der Waals surface area contributed by atoms with Crippen LogP contribution in [-0.4, -0.2) is 63.7 Å². The molecule has 1 heterocycles. The van der Waals surface area contributed by atoms with Gasteiger partial charge in [0.25, 0.3) is 0 Å². The standard InChI is InChI=1S/C18H34O7/c1-2-3-4-5-6-7-8-9-10-11-14(19)24-12-13-15(20)16(21)17(22)18(23)25-13/h13,15-18,20-23H,2-12H2,1H3/t13?,15-,16+,17?,18+/m1/s1. The van der Waals surface area contributed by atoms with E-state index in [0.717, 1.165) is 19.3 Å². The van der Waals surface area contributed by atoms with Crippen LogP contribution in [0.25, 0.3) is 0 Å². The van der Waals surface area contributed by atoms with Gasteiger partial charge in [-0.15, -0.1) is 0 Å². The monoisotopic (exact) mass is 362 g/mol.